The lowest BCUT2D eigenvalue weighted by atomic mass is 10.1. The molecule has 28 heavy (non-hydrogen) atoms. The van der Waals surface area contributed by atoms with E-state index < -0.39 is 0 Å². The van der Waals surface area contributed by atoms with E-state index in [-0.39, 0.29) is 0 Å². The highest BCUT2D eigenvalue weighted by Gasteiger charge is 2.14. The van der Waals surface area contributed by atoms with Crippen LogP contribution in [-0.2, 0) is 6.54 Å². The first-order chi connectivity index (χ1) is 13.6. The molecule has 0 aliphatic rings. The normalized spacial score (nSPS) is 11.1. The first kappa shape index (κ1) is 18.6. The fourth-order valence-electron chi connectivity index (χ4n) is 3.42. The minimum absolute atomic E-state index is 0.652. The third-order valence-electron chi connectivity index (χ3n) is 4.90. The molecular formula is C24H23ClN2O. The number of rotatable bonds is 6. The molecule has 0 bridgehead atoms. The van der Waals surface area contributed by atoms with E-state index in [4.69, 9.17) is 21.3 Å². The number of benzene rings is 3. The topological polar surface area (TPSA) is 27.1 Å². The van der Waals surface area contributed by atoms with Crippen molar-refractivity contribution in [3.8, 4) is 17.1 Å². The maximum Gasteiger partial charge on any atom is 0.142 e. The summed E-state index contributed by atoms with van der Waals surface area (Å²) in [5.41, 5.74) is 5.42. The van der Waals surface area contributed by atoms with Crippen molar-refractivity contribution in [2.75, 3.05) is 6.61 Å². The van der Waals surface area contributed by atoms with Crippen molar-refractivity contribution < 1.29 is 4.74 Å². The molecule has 0 N–H and O–H groups in total. The van der Waals surface area contributed by atoms with Crippen LogP contribution in [0.15, 0.2) is 66.7 Å². The number of fused-ring (bicyclic) bond motifs is 1. The number of halogens is 1. The van der Waals surface area contributed by atoms with Crippen molar-refractivity contribution in [3.63, 3.8) is 0 Å². The molecule has 3 nitrogen and oxygen atoms in total. The van der Waals surface area contributed by atoms with Crippen LogP contribution in [0.4, 0.5) is 0 Å². The highest BCUT2D eigenvalue weighted by molar-refractivity contribution is 6.33. The molecule has 4 aromatic rings. The van der Waals surface area contributed by atoms with Gasteiger partial charge in [-0.3, -0.25) is 0 Å². The Balaban J connectivity index is 1.57. The van der Waals surface area contributed by atoms with Gasteiger partial charge in [0.1, 0.15) is 11.6 Å². The van der Waals surface area contributed by atoms with Gasteiger partial charge in [-0.05, 0) is 61.7 Å². The van der Waals surface area contributed by atoms with E-state index in [0.29, 0.717) is 11.6 Å². The standard InChI is InChI=1S/C24H23ClN2O/c1-17-12-13-18(2)23(16-17)28-15-7-14-27-22-11-6-5-10-21(22)26-24(27)19-8-3-4-9-20(19)25/h3-6,8-13,16H,7,14-15H2,1-2H3. The van der Waals surface area contributed by atoms with Crippen molar-refractivity contribution >= 4 is 22.6 Å². The van der Waals surface area contributed by atoms with Crippen LogP contribution in [0.2, 0.25) is 5.02 Å². The highest BCUT2D eigenvalue weighted by atomic mass is 35.5. The van der Waals surface area contributed by atoms with Crippen LogP contribution < -0.4 is 4.74 Å². The zero-order chi connectivity index (χ0) is 19.5. The molecule has 3 aromatic carbocycles. The van der Waals surface area contributed by atoms with Gasteiger partial charge in [0.25, 0.3) is 0 Å². The largest absolute Gasteiger partial charge is 0.493 e. The predicted octanol–water partition coefficient (Wildman–Crippen LogP) is 6.44. The van der Waals surface area contributed by atoms with E-state index >= 15 is 0 Å². The van der Waals surface area contributed by atoms with Crippen LogP contribution in [0.25, 0.3) is 22.4 Å². The van der Waals surface area contributed by atoms with E-state index in [1.165, 1.54) is 5.56 Å². The second-order valence-electron chi connectivity index (χ2n) is 7.03. The lowest BCUT2D eigenvalue weighted by Crippen LogP contribution is -2.07. The van der Waals surface area contributed by atoms with Crippen molar-refractivity contribution in [1.82, 2.24) is 9.55 Å². The summed E-state index contributed by atoms with van der Waals surface area (Å²) in [6.45, 7) is 5.62. The summed E-state index contributed by atoms with van der Waals surface area (Å²) in [5, 5.41) is 0.714. The summed E-state index contributed by atoms with van der Waals surface area (Å²) in [4.78, 5) is 4.84. The van der Waals surface area contributed by atoms with Gasteiger partial charge in [0.2, 0.25) is 0 Å². The molecule has 0 aliphatic heterocycles. The molecule has 142 valence electrons. The molecule has 1 heterocycles. The Bertz CT molecular complexity index is 1120. The Morgan fingerprint density at radius 2 is 1.75 bits per heavy atom. The first-order valence-corrected chi connectivity index (χ1v) is 9.91. The second kappa shape index (κ2) is 8.07. The van der Waals surface area contributed by atoms with Crippen molar-refractivity contribution in [3.05, 3.63) is 82.9 Å². The Morgan fingerprint density at radius 3 is 2.61 bits per heavy atom. The Kier molecular flexibility index (Phi) is 5.36. The number of para-hydroxylation sites is 2. The Hall–Kier alpha value is -2.78. The molecule has 0 atom stereocenters. The zero-order valence-electron chi connectivity index (χ0n) is 16.2. The molecule has 0 fully saturated rings. The second-order valence-corrected chi connectivity index (χ2v) is 7.43. The number of hydrogen-bond donors (Lipinski definition) is 0. The van der Waals surface area contributed by atoms with E-state index in [9.17, 15) is 0 Å². The average Bonchev–Trinajstić information content (AvgIpc) is 3.06. The van der Waals surface area contributed by atoms with Gasteiger partial charge in [0, 0.05) is 12.1 Å². The predicted molar refractivity (Wildman–Crippen MR) is 116 cm³/mol. The lowest BCUT2D eigenvalue weighted by molar-refractivity contribution is 0.301. The molecule has 4 heteroatoms. The van der Waals surface area contributed by atoms with Gasteiger partial charge in [0.15, 0.2) is 0 Å². The SMILES string of the molecule is Cc1ccc(C)c(OCCCn2c(-c3ccccc3Cl)nc3ccccc32)c1. The molecule has 1 aromatic heterocycles. The van der Waals surface area contributed by atoms with Crippen LogP contribution in [0, 0.1) is 13.8 Å². The number of hydrogen-bond acceptors (Lipinski definition) is 2. The highest BCUT2D eigenvalue weighted by Crippen LogP contribution is 2.30. The van der Waals surface area contributed by atoms with E-state index in [1.807, 2.05) is 42.5 Å². The number of imidazole rings is 1. The van der Waals surface area contributed by atoms with Crippen molar-refractivity contribution in [1.29, 1.82) is 0 Å². The minimum atomic E-state index is 0.652. The van der Waals surface area contributed by atoms with Crippen LogP contribution in [0.3, 0.4) is 0 Å². The fourth-order valence-corrected chi connectivity index (χ4v) is 3.64. The summed E-state index contributed by atoms with van der Waals surface area (Å²) in [5.74, 6) is 1.86. The molecule has 4 rings (SSSR count). The molecular weight excluding hydrogens is 368 g/mol. The van der Waals surface area contributed by atoms with Gasteiger partial charge >= 0.3 is 0 Å². The van der Waals surface area contributed by atoms with Gasteiger partial charge in [0.05, 0.1) is 22.7 Å². The third kappa shape index (κ3) is 3.76. The van der Waals surface area contributed by atoms with Crippen LogP contribution >= 0.6 is 11.6 Å². The number of ether oxygens (including phenoxy) is 1. The van der Waals surface area contributed by atoms with Crippen molar-refractivity contribution in [2.24, 2.45) is 0 Å². The van der Waals surface area contributed by atoms with E-state index in [0.717, 1.165) is 46.7 Å². The summed E-state index contributed by atoms with van der Waals surface area (Å²) < 4.78 is 8.28. The Morgan fingerprint density at radius 1 is 0.964 bits per heavy atom. The maximum absolute atomic E-state index is 6.45. The molecule has 0 spiro atoms. The molecule has 0 radical (unpaired) electrons. The smallest absolute Gasteiger partial charge is 0.142 e. The summed E-state index contributed by atoms with van der Waals surface area (Å²) in [7, 11) is 0. The summed E-state index contributed by atoms with van der Waals surface area (Å²) >= 11 is 6.45. The lowest BCUT2D eigenvalue weighted by Gasteiger charge is -2.13. The molecule has 0 aliphatic carbocycles. The fraction of sp³-hybridized carbons (Fsp3) is 0.208. The number of aryl methyl sites for hydroxylation is 3. The van der Waals surface area contributed by atoms with Gasteiger partial charge in [-0.25, -0.2) is 4.98 Å². The van der Waals surface area contributed by atoms with Gasteiger partial charge < -0.3 is 9.30 Å². The number of nitrogens with zero attached hydrogens (tertiary/aromatic N) is 2. The van der Waals surface area contributed by atoms with Crippen LogP contribution in [0.1, 0.15) is 17.5 Å². The summed E-state index contributed by atoms with van der Waals surface area (Å²) in [6.07, 6.45) is 0.880. The average molecular weight is 391 g/mol. The van der Waals surface area contributed by atoms with E-state index in [1.54, 1.807) is 0 Å². The van der Waals surface area contributed by atoms with Crippen molar-refractivity contribution in [2.45, 2.75) is 26.8 Å². The van der Waals surface area contributed by atoms with Gasteiger partial charge in [-0.2, -0.15) is 0 Å². The zero-order valence-corrected chi connectivity index (χ0v) is 16.9. The van der Waals surface area contributed by atoms with E-state index in [2.05, 4.69) is 42.7 Å². The molecule has 0 amide bonds. The third-order valence-corrected chi connectivity index (χ3v) is 5.23. The number of aromatic nitrogens is 2. The minimum Gasteiger partial charge on any atom is -0.493 e. The quantitative estimate of drug-likeness (QED) is 0.354. The van der Waals surface area contributed by atoms with Gasteiger partial charge in [-0.15, -0.1) is 0 Å². The molecule has 0 unspecified atom stereocenters. The summed E-state index contributed by atoms with van der Waals surface area (Å²) in [6, 6.07) is 22.4. The molecule has 0 saturated carbocycles. The Labute approximate surface area is 170 Å². The maximum atomic E-state index is 6.45. The monoisotopic (exact) mass is 390 g/mol. The van der Waals surface area contributed by atoms with Crippen LogP contribution in [-0.4, -0.2) is 16.2 Å². The van der Waals surface area contributed by atoms with Gasteiger partial charge in [-0.1, -0.05) is 48.0 Å². The first-order valence-electron chi connectivity index (χ1n) is 9.54. The molecule has 0 saturated heterocycles. The van der Waals surface area contributed by atoms with Crippen LogP contribution in [0.5, 0.6) is 5.75 Å².